The molecule has 0 atom stereocenters. The predicted octanol–water partition coefficient (Wildman–Crippen LogP) is 5.15. The van der Waals surface area contributed by atoms with Crippen molar-refractivity contribution in [3.05, 3.63) is 87.7 Å². The standard InChI is InChI=1S/C24H25ClN2O3/c1-17-8-4-7-11-23(17)29-14-15-30-24(28)13-12-21-18(2)26-27(19(21)3)16-20-9-5-6-10-22(20)25/h4-13H,14-16H2,1-3H3/b13-12-. The molecule has 3 rings (SSSR count). The van der Waals surface area contributed by atoms with Crippen LogP contribution in [0.25, 0.3) is 6.08 Å². The van der Waals surface area contributed by atoms with Crippen LogP contribution in [0.1, 0.15) is 28.1 Å². The van der Waals surface area contributed by atoms with E-state index in [-0.39, 0.29) is 6.61 Å². The summed E-state index contributed by atoms with van der Waals surface area (Å²) in [6.07, 6.45) is 3.16. The first-order valence-electron chi connectivity index (χ1n) is 9.76. The molecule has 0 saturated heterocycles. The van der Waals surface area contributed by atoms with Crippen LogP contribution in [-0.2, 0) is 16.1 Å². The lowest BCUT2D eigenvalue weighted by molar-refractivity contribution is -0.138. The number of halogens is 1. The van der Waals surface area contributed by atoms with Crippen LogP contribution in [0, 0.1) is 20.8 Å². The molecule has 0 unspecified atom stereocenters. The Morgan fingerprint density at radius 1 is 1.07 bits per heavy atom. The molecular weight excluding hydrogens is 400 g/mol. The summed E-state index contributed by atoms with van der Waals surface area (Å²) >= 11 is 6.26. The van der Waals surface area contributed by atoms with Crippen molar-refractivity contribution in [2.45, 2.75) is 27.3 Å². The lowest BCUT2D eigenvalue weighted by Crippen LogP contribution is -2.10. The van der Waals surface area contributed by atoms with Gasteiger partial charge in [-0.1, -0.05) is 48.0 Å². The van der Waals surface area contributed by atoms with Crippen LogP contribution < -0.4 is 4.74 Å². The number of rotatable bonds is 8. The van der Waals surface area contributed by atoms with Gasteiger partial charge in [0.05, 0.1) is 12.2 Å². The van der Waals surface area contributed by atoms with Crippen molar-refractivity contribution in [1.82, 2.24) is 9.78 Å². The molecule has 0 aliphatic heterocycles. The summed E-state index contributed by atoms with van der Waals surface area (Å²) < 4.78 is 12.7. The molecule has 0 fully saturated rings. The summed E-state index contributed by atoms with van der Waals surface area (Å²) in [4.78, 5) is 12.1. The van der Waals surface area contributed by atoms with Crippen LogP contribution in [-0.4, -0.2) is 29.0 Å². The fourth-order valence-electron chi connectivity index (χ4n) is 3.11. The van der Waals surface area contributed by atoms with E-state index in [1.165, 1.54) is 6.08 Å². The van der Waals surface area contributed by atoms with Crippen LogP contribution in [0.4, 0.5) is 0 Å². The van der Waals surface area contributed by atoms with Gasteiger partial charge in [0.2, 0.25) is 0 Å². The second kappa shape index (κ2) is 10.1. The highest BCUT2D eigenvalue weighted by Gasteiger charge is 2.11. The summed E-state index contributed by atoms with van der Waals surface area (Å²) in [7, 11) is 0. The summed E-state index contributed by atoms with van der Waals surface area (Å²) in [5, 5.41) is 5.28. The van der Waals surface area contributed by atoms with E-state index in [1.807, 2.05) is 74.0 Å². The van der Waals surface area contributed by atoms with Crippen LogP contribution in [0.2, 0.25) is 5.02 Å². The molecule has 1 heterocycles. The maximum Gasteiger partial charge on any atom is 0.330 e. The van der Waals surface area contributed by atoms with Crippen LogP contribution in [0.5, 0.6) is 5.75 Å². The molecule has 0 saturated carbocycles. The van der Waals surface area contributed by atoms with Gasteiger partial charge in [0.15, 0.2) is 0 Å². The third-order valence-corrected chi connectivity index (χ3v) is 5.15. The number of nitrogens with zero attached hydrogens (tertiary/aromatic N) is 2. The Balaban J connectivity index is 1.55. The van der Waals surface area contributed by atoms with E-state index in [1.54, 1.807) is 6.08 Å². The number of para-hydroxylation sites is 1. The van der Waals surface area contributed by atoms with Crippen LogP contribution in [0.15, 0.2) is 54.6 Å². The average Bonchev–Trinajstić information content (AvgIpc) is 2.99. The first kappa shape index (κ1) is 21.7. The van der Waals surface area contributed by atoms with Gasteiger partial charge in [-0.15, -0.1) is 0 Å². The van der Waals surface area contributed by atoms with Crippen molar-refractivity contribution in [3.8, 4) is 5.75 Å². The fraction of sp³-hybridized carbons (Fsp3) is 0.250. The molecule has 0 aliphatic rings. The Morgan fingerprint density at radius 3 is 2.57 bits per heavy atom. The Kier molecular flexibility index (Phi) is 7.31. The molecule has 0 spiro atoms. The Morgan fingerprint density at radius 2 is 1.80 bits per heavy atom. The van der Waals surface area contributed by atoms with Crippen molar-refractivity contribution in [2.24, 2.45) is 0 Å². The van der Waals surface area contributed by atoms with Gasteiger partial charge in [-0.2, -0.15) is 5.10 Å². The van der Waals surface area contributed by atoms with Crippen molar-refractivity contribution in [2.75, 3.05) is 13.2 Å². The predicted molar refractivity (Wildman–Crippen MR) is 119 cm³/mol. The normalized spacial score (nSPS) is 11.1. The van der Waals surface area contributed by atoms with E-state index in [4.69, 9.17) is 21.1 Å². The molecule has 0 bridgehead atoms. The van der Waals surface area contributed by atoms with E-state index >= 15 is 0 Å². The number of ether oxygens (including phenoxy) is 2. The number of esters is 1. The summed E-state index contributed by atoms with van der Waals surface area (Å²) in [6, 6.07) is 15.4. The first-order chi connectivity index (χ1) is 14.5. The van der Waals surface area contributed by atoms with Crippen molar-refractivity contribution in [1.29, 1.82) is 0 Å². The minimum Gasteiger partial charge on any atom is -0.490 e. The largest absolute Gasteiger partial charge is 0.490 e. The maximum atomic E-state index is 12.1. The monoisotopic (exact) mass is 424 g/mol. The number of benzene rings is 2. The van der Waals surface area contributed by atoms with Gasteiger partial charge in [0, 0.05) is 22.4 Å². The van der Waals surface area contributed by atoms with E-state index in [0.29, 0.717) is 18.2 Å². The quantitative estimate of drug-likeness (QED) is 0.285. The van der Waals surface area contributed by atoms with Crippen LogP contribution in [0.3, 0.4) is 0 Å². The molecule has 5 nitrogen and oxygen atoms in total. The molecule has 0 aliphatic carbocycles. The molecule has 30 heavy (non-hydrogen) atoms. The zero-order valence-corrected chi connectivity index (χ0v) is 18.1. The second-order valence-electron chi connectivity index (χ2n) is 6.95. The second-order valence-corrected chi connectivity index (χ2v) is 7.36. The highest BCUT2D eigenvalue weighted by Crippen LogP contribution is 2.20. The van der Waals surface area contributed by atoms with Gasteiger partial charge in [-0.3, -0.25) is 4.68 Å². The minimum atomic E-state index is -0.416. The number of aryl methyl sites for hydroxylation is 2. The molecule has 0 N–H and O–H groups in total. The SMILES string of the molecule is Cc1ccccc1OCCOC(=O)/C=C\c1c(C)nn(Cc2ccccc2Cl)c1C. The summed E-state index contributed by atoms with van der Waals surface area (Å²) in [5.74, 6) is 0.377. The lowest BCUT2D eigenvalue weighted by Gasteiger charge is -2.08. The maximum absolute atomic E-state index is 12.1. The van der Waals surface area contributed by atoms with E-state index in [0.717, 1.165) is 33.8 Å². The number of hydrogen-bond acceptors (Lipinski definition) is 4. The zero-order chi connectivity index (χ0) is 21.5. The third-order valence-electron chi connectivity index (χ3n) is 4.78. The van der Waals surface area contributed by atoms with Gasteiger partial charge >= 0.3 is 5.97 Å². The van der Waals surface area contributed by atoms with Gasteiger partial charge in [0.25, 0.3) is 0 Å². The van der Waals surface area contributed by atoms with Gasteiger partial charge < -0.3 is 9.47 Å². The zero-order valence-electron chi connectivity index (χ0n) is 17.4. The molecular formula is C24H25ClN2O3. The van der Waals surface area contributed by atoms with Crippen LogP contribution >= 0.6 is 11.6 Å². The first-order valence-corrected chi connectivity index (χ1v) is 10.1. The Bertz CT molecular complexity index is 1060. The molecule has 0 amide bonds. The smallest absolute Gasteiger partial charge is 0.330 e. The highest BCUT2D eigenvalue weighted by molar-refractivity contribution is 6.31. The molecule has 1 aromatic heterocycles. The van der Waals surface area contributed by atoms with E-state index < -0.39 is 5.97 Å². The molecule has 2 aromatic carbocycles. The number of hydrogen-bond donors (Lipinski definition) is 0. The van der Waals surface area contributed by atoms with Gasteiger partial charge in [-0.05, 0) is 50.1 Å². The highest BCUT2D eigenvalue weighted by atomic mass is 35.5. The molecule has 0 radical (unpaired) electrons. The van der Waals surface area contributed by atoms with E-state index in [2.05, 4.69) is 5.10 Å². The number of aromatic nitrogens is 2. The van der Waals surface area contributed by atoms with Crippen molar-refractivity contribution in [3.63, 3.8) is 0 Å². The number of carbonyl (C=O) groups is 1. The fourth-order valence-corrected chi connectivity index (χ4v) is 3.30. The average molecular weight is 425 g/mol. The van der Waals surface area contributed by atoms with Gasteiger partial charge in [-0.25, -0.2) is 4.79 Å². The topological polar surface area (TPSA) is 53.4 Å². The van der Waals surface area contributed by atoms with Crippen molar-refractivity contribution >= 4 is 23.6 Å². The molecule has 6 heteroatoms. The molecule has 156 valence electrons. The third kappa shape index (κ3) is 5.51. The van der Waals surface area contributed by atoms with Gasteiger partial charge in [0.1, 0.15) is 19.0 Å². The Labute approximate surface area is 181 Å². The minimum absolute atomic E-state index is 0.182. The Hall–Kier alpha value is -3.05. The van der Waals surface area contributed by atoms with E-state index in [9.17, 15) is 4.79 Å². The lowest BCUT2D eigenvalue weighted by atomic mass is 10.1. The summed E-state index contributed by atoms with van der Waals surface area (Å²) in [6.45, 7) is 6.91. The molecule has 3 aromatic rings. The number of carbonyl (C=O) groups excluding carboxylic acids is 1. The summed E-state index contributed by atoms with van der Waals surface area (Å²) in [5.41, 5.74) is 4.73. The van der Waals surface area contributed by atoms with Crippen molar-refractivity contribution < 1.29 is 14.3 Å².